The first-order valence-electron chi connectivity index (χ1n) is 8.27. The number of rotatable bonds is 9. The van der Waals surface area contributed by atoms with Crippen molar-refractivity contribution in [1.82, 2.24) is 5.32 Å². The van der Waals surface area contributed by atoms with Gasteiger partial charge in [-0.05, 0) is 25.0 Å². The maximum atomic E-state index is 10.9. The summed E-state index contributed by atoms with van der Waals surface area (Å²) in [6.45, 7) is 0. The van der Waals surface area contributed by atoms with Crippen LogP contribution in [0.1, 0.15) is 72.1 Å². The summed E-state index contributed by atoms with van der Waals surface area (Å²) in [4.78, 5) is 21.9. The second-order valence-corrected chi connectivity index (χ2v) is 7.12. The first kappa shape index (κ1) is 20.4. The van der Waals surface area contributed by atoms with Crippen molar-refractivity contribution >= 4 is 43.7 Å². The van der Waals surface area contributed by atoms with Crippen LogP contribution in [0.4, 0.5) is 0 Å². The summed E-state index contributed by atoms with van der Waals surface area (Å²) < 4.78 is 0. The zero-order chi connectivity index (χ0) is 16.9. The SMILES string of the molecule is BrCCCCCCCCCCBr.O=C1NC(=O)c2ccccc21. The number of carbonyl (C=O) groups is 2. The van der Waals surface area contributed by atoms with Crippen molar-refractivity contribution in [2.45, 2.75) is 51.4 Å². The number of nitrogens with one attached hydrogen (secondary N) is 1. The van der Waals surface area contributed by atoms with Gasteiger partial charge >= 0.3 is 0 Å². The van der Waals surface area contributed by atoms with Crippen molar-refractivity contribution in [3.63, 3.8) is 0 Å². The monoisotopic (exact) mass is 445 g/mol. The molecule has 1 aliphatic heterocycles. The van der Waals surface area contributed by atoms with Crippen molar-refractivity contribution in [3.05, 3.63) is 35.4 Å². The Kier molecular flexibility index (Phi) is 11.3. The lowest BCUT2D eigenvalue weighted by molar-refractivity contribution is 0.0879. The number of unbranched alkanes of at least 4 members (excludes halogenated alkanes) is 7. The van der Waals surface area contributed by atoms with E-state index in [1.54, 1.807) is 24.3 Å². The van der Waals surface area contributed by atoms with E-state index in [1.165, 1.54) is 62.0 Å². The molecule has 0 radical (unpaired) electrons. The summed E-state index contributed by atoms with van der Waals surface area (Å²) >= 11 is 6.90. The minimum Gasteiger partial charge on any atom is -0.288 e. The Hall–Kier alpha value is -0.680. The number of amides is 2. The van der Waals surface area contributed by atoms with Gasteiger partial charge in [-0.25, -0.2) is 0 Å². The maximum Gasteiger partial charge on any atom is 0.258 e. The van der Waals surface area contributed by atoms with Gasteiger partial charge in [-0.15, -0.1) is 0 Å². The highest BCUT2D eigenvalue weighted by Gasteiger charge is 2.25. The van der Waals surface area contributed by atoms with Crippen LogP contribution in [-0.2, 0) is 0 Å². The standard InChI is InChI=1S/C10H20Br2.C8H5NO2/c11-9-7-5-3-1-2-4-6-8-10-12;10-7-5-3-1-2-4-6(5)8(11)9-7/h1-10H2;1-4H,(H,9,10,11). The molecule has 2 amide bonds. The van der Waals surface area contributed by atoms with Crippen molar-refractivity contribution in [1.29, 1.82) is 0 Å². The van der Waals surface area contributed by atoms with E-state index in [4.69, 9.17) is 0 Å². The molecule has 128 valence electrons. The van der Waals surface area contributed by atoms with Crippen LogP contribution < -0.4 is 5.32 Å². The van der Waals surface area contributed by atoms with E-state index < -0.39 is 0 Å². The summed E-state index contributed by atoms with van der Waals surface area (Å²) in [6, 6.07) is 6.74. The molecule has 2 rings (SSSR count). The molecule has 3 nitrogen and oxygen atoms in total. The summed E-state index contributed by atoms with van der Waals surface area (Å²) in [5.41, 5.74) is 0.940. The van der Waals surface area contributed by atoms with Gasteiger partial charge in [0.1, 0.15) is 0 Å². The maximum absolute atomic E-state index is 10.9. The third kappa shape index (κ3) is 8.11. The van der Waals surface area contributed by atoms with E-state index in [0.29, 0.717) is 11.1 Å². The quantitative estimate of drug-likeness (QED) is 0.310. The van der Waals surface area contributed by atoms with Crippen LogP contribution in [0.25, 0.3) is 0 Å². The van der Waals surface area contributed by atoms with Gasteiger partial charge in [-0.2, -0.15) is 0 Å². The lowest BCUT2D eigenvalue weighted by Gasteiger charge is -1.99. The van der Waals surface area contributed by atoms with Gasteiger partial charge in [0.25, 0.3) is 11.8 Å². The Morgan fingerprint density at radius 1 is 0.652 bits per heavy atom. The van der Waals surface area contributed by atoms with Gasteiger partial charge < -0.3 is 0 Å². The van der Waals surface area contributed by atoms with Crippen LogP contribution in [0.2, 0.25) is 0 Å². The number of imide groups is 1. The molecule has 1 aliphatic rings. The minimum absolute atomic E-state index is 0.300. The topological polar surface area (TPSA) is 46.2 Å². The van der Waals surface area contributed by atoms with Crippen LogP contribution in [-0.4, -0.2) is 22.5 Å². The van der Waals surface area contributed by atoms with Gasteiger partial charge in [-0.1, -0.05) is 82.5 Å². The van der Waals surface area contributed by atoms with Crippen LogP contribution in [0, 0.1) is 0 Å². The van der Waals surface area contributed by atoms with E-state index in [9.17, 15) is 9.59 Å². The molecule has 1 aromatic rings. The zero-order valence-electron chi connectivity index (χ0n) is 13.5. The summed E-state index contributed by atoms with van der Waals surface area (Å²) in [7, 11) is 0. The molecule has 0 aliphatic carbocycles. The van der Waals surface area contributed by atoms with E-state index >= 15 is 0 Å². The van der Waals surface area contributed by atoms with Crippen molar-refractivity contribution < 1.29 is 9.59 Å². The van der Waals surface area contributed by atoms with E-state index in [2.05, 4.69) is 37.2 Å². The molecule has 0 atom stereocenters. The van der Waals surface area contributed by atoms with Gasteiger partial charge in [0, 0.05) is 10.7 Å². The van der Waals surface area contributed by atoms with Crippen LogP contribution in [0.15, 0.2) is 24.3 Å². The average molecular weight is 447 g/mol. The van der Waals surface area contributed by atoms with Gasteiger partial charge in [0.15, 0.2) is 0 Å². The van der Waals surface area contributed by atoms with Crippen LogP contribution >= 0.6 is 31.9 Å². The second kappa shape index (κ2) is 12.7. The molecule has 0 bridgehead atoms. The first-order valence-corrected chi connectivity index (χ1v) is 10.5. The number of hydrogen-bond acceptors (Lipinski definition) is 2. The molecule has 0 aromatic heterocycles. The summed E-state index contributed by atoms with van der Waals surface area (Å²) in [6.07, 6.45) is 11.3. The Bertz CT molecular complexity index is 449. The van der Waals surface area contributed by atoms with E-state index in [1.807, 2.05) is 0 Å². The zero-order valence-corrected chi connectivity index (χ0v) is 16.6. The molecule has 1 aromatic carbocycles. The highest BCUT2D eigenvalue weighted by Crippen LogP contribution is 2.13. The van der Waals surface area contributed by atoms with Gasteiger partial charge in [0.2, 0.25) is 0 Å². The minimum atomic E-state index is -0.300. The molecule has 0 saturated carbocycles. The largest absolute Gasteiger partial charge is 0.288 e. The first-order chi connectivity index (χ1) is 11.2. The fourth-order valence-corrected chi connectivity index (χ4v) is 3.16. The van der Waals surface area contributed by atoms with E-state index in [0.717, 1.165) is 0 Å². The van der Waals surface area contributed by atoms with E-state index in [-0.39, 0.29) is 11.8 Å². The molecule has 0 saturated heterocycles. The fraction of sp³-hybridized carbons (Fsp3) is 0.556. The number of alkyl halides is 2. The molecule has 0 fully saturated rings. The average Bonchev–Trinajstić information content (AvgIpc) is 2.86. The number of benzene rings is 1. The molecule has 1 N–H and O–H groups in total. The van der Waals surface area contributed by atoms with Crippen molar-refractivity contribution in [2.75, 3.05) is 10.7 Å². The smallest absolute Gasteiger partial charge is 0.258 e. The normalized spacial score (nSPS) is 12.4. The third-order valence-electron chi connectivity index (χ3n) is 3.66. The molecule has 0 spiro atoms. The Morgan fingerprint density at radius 3 is 1.35 bits per heavy atom. The van der Waals surface area contributed by atoms with Gasteiger partial charge in [-0.3, -0.25) is 14.9 Å². The fourth-order valence-electron chi connectivity index (χ4n) is 2.37. The van der Waals surface area contributed by atoms with Crippen molar-refractivity contribution in [2.24, 2.45) is 0 Å². The van der Waals surface area contributed by atoms with Crippen molar-refractivity contribution in [3.8, 4) is 0 Å². The van der Waals surface area contributed by atoms with Crippen LogP contribution in [0.3, 0.4) is 0 Å². The molecule has 0 unspecified atom stereocenters. The predicted molar refractivity (Wildman–Crippen MR) is 103 cm³/mol. The molecule has 1 heterocycles. The van der Waals surface area contributed by atoms with Gasteiger partial charge in [0.05, 0.1) is 11.1 Å². The third-order valence-corrected chi connectivity index (χ3v) is 4.78. The molecular formula is C18H25Br2NO2. The number of halogens is 2. The lowest BCUT2D eigenvalue weighted by Crippen LogP contribution is -2.19. The predicted octanol–water partition coefficient (Wildman–Crippen LogP) is 5.47. The molecular weight excluding hydrogens is 422 g/mol. The highest BCUT2D eigenvalue weighted by atomic mass is 79.9. The number of fused-ring (bicyclic) bond motifs is 1. The number of hydrogen-bond donors (Lipinski definition) is 1. The summed E-state index contributed by atoms with van der Waals surface area (Å²) in [5.74, 6) is -0.601. The number of carbonyl (C=O) groups excluding carboxylic acids is 2. The summed E-state index contributed by atoms with van der Waals surface area (Å²) in [5, 5.41) is 4.56. The molecule has 23 heavy (non-hydrogen) atoms. The Balaban J connectivity index is 0.000000230. The lowest BCUT2D eigenvalue weighted by atomic mass is 10.1. The Morgan fingerprint density at radius 2 is 1.00 bits per heavy atom. The molecule has 5 heteroatoms. The highest BCUT2D eigenvalue weighted by molar-refractivity contribution is 9.09. The second-order valence-electron chi connectivity index (χ2n) is 5.54. The van der Waals surface area contributed by atoms with Crippen LogP contribution in [0.5, 0.6) is 0 Å². The Labute approximate surface area is 155 Å².